The van der Waals surface area contributed by atoms with Gasteiger partial charge >= 0.3 is 0 Å². The van der Waals surface area contributed by atoms with E-state index in [0.29, 0.717) is 17.1 Å². The Hall–Kier alpha value is -1.75. The van der Waals surface area contributed by atoms with Crippen molar-refractivity contribution in [2.45, 2.75) is 31.9 Å². The number of carbonyl (C=O) groups is 1. The summed E-state index contributed by atoms with van der Waals surface area (Å²) in [4.78, 5) is 12.3. The van der Waals surface area contributed by atoms with Crippen LogP contribution in [0.3, 0.4) is 0 Å². The molecule has 20 heavy (non-hydrogen) atoms. The number of methoxy groups -OCH3 is 2. The van der Waals surface area contributed by atoms with Crippen molar-refractivity contribution in [1.29, 1.82) is 0 Å². The Balaban J connectivity index is 2.07. The molecule has 0 saturated carbocycles. The van der Waals surface area contributed by atoms with Crippen LogP contribution in [0.2, 0.25) is 0 Å². The molecule has 0 bridgehead atoms. The molecule has 2 atom stereocenters. The standard InChI is InChI=1S/C15H21NO4/c1-10(14-5-4-6-20-14)16-15(17)11-7-12(18-2)9-13(8-11)19-3/h7-10,14H,4-6H2,1-3H3,(H,16,17)/t10-,14+/m0/s1. The van der Waals surface area contributed by atoms with Gasteiger partial charge in [-0.15, -0.1) is 0 Å². The number of ether oxygens (including phenoxy) is 3. The summed E-state index contributed by atoms with van der Waals surface area (Å²) in [5.74, 6) is 1.05. The average Bonchev–Trinajstić information content (AvgIpc) is 3.00. The molecule has 0 aliphatic carbocycles. The summed E-state index contributed by atoms with van der Waals surface area (Å²) in [5.41, 5.74) is 0.519. The predicted molar refractivity (Wildman–Crippen MR) is 75.4 cm³/mol. The van der Waals surface area contributed by atoms with Crippen LogP contribution < -0.4 is 14.8 Å². The van der Waals surface area contributed by atoms with Crippen LogP contribution in [0, 0.1) is 0 Å². The Kier molecular flexibility index (Phi) is 4.84. The van der Waals surface area contributed by atoms with Crippen LogP contribution in [0.4, 0.5) is 0 Å². The van der Waals surface area contributed by atoms with Crippen molar-refractivity contribution in [3.8, 4) is 11.5 Å². The molecule has 5 nitrogen and oxygen atoms in total. The molecular weight excluding hydrogens is 258 g/mol. The normalized spacial score (nSPS) is 19.4. The molecule has 0 spiro atoms. The summed E-state index contributed by atoms with van der Waals surface area (Å²) >= 11 is 0. The molecule has 1 N–H and O–H groups in total. The van der Waals surface area contributed by atoms with Gasteiger partial charge in [0.25, 0.3) is 5.91 Å². The van der Waals surface area contributed by atoms with E-state index < -0.39 is 0 Å². The third kappa shape index (κ3) is 3.42. The molecule has 1 aliphatic rings. The topological polar surface area (TPSA) is 56.8 Å². The first-order chi connectivity index (χ1) is 9.63. The summed E-state index contributed by atoms with van der Waals surface area (Å²) in [6.45, 7) is 2.74. The lowest BCUT2D eigenvalue weighted by molar-refractivity contribution is 0.0712. The summed E-state index contributed by atoms with van der Waals surface area (Å²) in [6.07, 6.45) is 2.15. The molecule has 2 rings (SSSR count). The highest BCUT2D eigenvalue weighted by atomic mass is 16.5. The number of carbonyl (C=O) groups excluding carboxylic acids is 1. The third-order valence-corrected chi connectivity index (χ3v) is 3.49. The first-order valence-corrected chi connectivity index (χ1v) is 6.79. The summed E-state index contributed by atoms with van der Waals surface area (Å²) in [5, 5.41) is 2.97. The van der Waals surface area contributed by atoms with Crippen molar-refractivity contribution in [2.24, 2.45) is 0 Å². The highest BCUT2D eigenvalue weighted by Crippen LogP contribution is 2.23. The van der Waals surface area contributed by atoms with E-state index in [-0.39, 0.29) is 18.1 Å². The number of benzene rings is 1. The van der Waals surface area contributed by atoms with Crippen LogP contribution in [0.5, 0.6) is 11.5 Å². The SMILES string of the molecule is COc1cc(OC)cc(C(=O)N[C@@H](C)[C@H]2CCCO2)c1. The molecule has 1 amide bonds. The van der Waals surface area contributed by atoms with Crippen LogP contribution >= 0.6 is 0 Å². The van der Waals surface area contributed by atoms with Crippen LogP contribution in [0.1, 0.15) is 30.1 Å². The first kappa shape index (κ1) is 14.7. The van der Waals surface area contributed by atoms with Crippen molar-refractivity contribution >= 4 is 5.91 Å². The number of nitrogens with one attached hydrogen (secondary N) is 1. The van der Waals surface area contributed by atoms with E-state index in [1.165, 1.54) is 0 Å². The van der Waals surface area contributed by atoms with Crippen LogP contribution in [0.25, 0.3) is 0 Å². The van der Waals surface area contributed by atoms with E-state index >= 15 is 0 Å². The smallest absolute Gasteiger partial charge is 0.251 e. The van der Waals surface area contributed by atoms with Crippen LogP contribution in [-0.2, 0) is 4.74 Å². The molecule has 1 saturated heterocycles. The van der Waals surface area contributed by atoms with Gasteiger partial charge in [0, 0.05) is 18.2 Å². The second-order valence-electron chi connectivity index (χ2n) is 4.91. The van der Waals surface area contributed by atoms with E-state index in [0.717, 1.165) is 19.4 Å². The molecule has 0 unspecified atom stereocenters. The molecule has 0 radical (unpaired) electrons. The number of hydrogen-bond donors (Lipinski definition) is 1. The molecule has 1 heterocycles. The van der Waals surface area contributed by atoms with Gasteiger partial charge in [-0.3, -0.25) is 4.79 Å². The molecule has 1 aromatic carbocycles. The Morgan fingerprint density at radius 1 is 1.30 bits per heavy atom. The largest absolute Gasteiger partial charge is 0.497 e. The van der Waals surface area contributed by atoms with Gasteiger partial charge in [-0.1, -0.05) is 0 Å². The van der Waals surface area contributed by atoms with Crippen molar-refractivity contribution in [1.82, 2.24) is 5.32 Å². The van der Waals surface area contributed by atoms with Gasteiger partial charge in [-0.25, -0.2) is 0 Å². The fourth-order valence-electron chi connectivity index (χ4n) is 2.32. The lowest BCUT2D eigenvalue weighted by atomic mass is 10.1. The fourth-order valence-corrected chi connectivity index (χ4v) is 2.32. The maximum Gasteiger partial charge on any atom is 0.251 e. The Labute approximate surface area is 119 Å². The van der Waals surface area contributed by atoms with Gasteiger partial charge in [-0.05, 0) is 31.9 Å². The van der Waals surface area contributed by atoms with Crippen molar-refractivity contribution in [3.05, 3.63) is 23.8 Å². The predicted octanol–water partition coefficient (Wildman–Crippen LogP) is 2.00. The lowest BCUT2D eigenvalue weighted by Gasteiger charge is -2.20. The van der Waals surface area contributed by atoms with Crippen LogP contribution in [-0.4, -0.2) is 38.9 Å². The maximum atomic E-state index is 12.3. The molecule has 5 heteroatoms. The molecule has 1 fully saturated rings. The molecule has 1 aromatic rings. The summed E-state index contributed by atoms with van der Waals surface area (Å²) in [7, 11) is 3.12. The Bertz CT molecular complexity index is 447. The van der Waals surface area contributed by atoms with E-state index in [2.05, 4.69) is 5.32 Å². The Morgan fingerprint density at radius 2 is 1.95 bits per heavy atom. The molecule has 1 aliphatic heterocycles. The maximum absolute atomic E-state index is 12.3. The van der Waals surface area contributed by atoms with Crippen molar-refractivity contribution < 1.29 is 19.0 Å². The molecule has 0 aromatic heterocycles. The van der Waals surface area contributed by atoms with Crippen LogP contribution in [0.15, 0.2) is 18.2 Å². The number of amides is 1. The minimum absolute atomic E-state index is 0.0119. The lowest BCUT2D eigenvalue weighted by Crippen LogP contribution is -2.40. The van der Waals surface area contributed by atoms with E-state index in [9.17, 15) is 4.79 Å². The minimum atomic E-state index is -0.148. The monoisotopic (exact) mass is 279 g/mol. The van der Waals surface area contributed by atoms with Gasteiger partial charge in [-0.2, -0.15) is 0 Å². The highest BCUT2D eigenvalue weighted by molar-refractivity contribution is 5.95. The van der Waals surface area contributed by atoms with Gasteiger partial charge in [0.2, 0.25) is 0 Å². The van der Waals surface area contributed by atoms with E-state index in [4.69, 9.17) is 14.2 Å². The average molecular weight is 279 g/mol. The van der Waals surface area contributed by atoms with E-state index in [1.807, 2.05) is 6.92 Å². The van der Waals surface area contributed by atoms with Gasteiger partial charge in [0.05, 0.1) is 26.4 Å². The highest BCUT2D eigenvalue weighted by Gasteiger charge is 2.24. The number of rotatable bonds is 5. The zero-order valence-corrected chi connectivity index (χ0v) is 12.1. The van der Waals surface area contributed by atoms with Gasteiger partial charge < -0.3 is 19.5 Å². The van der Waals surface area contributed by atoms with Crippen molar-refractivity contribution in [3.63, 3.8) is 0 Å². The third-order valence-electron chi connectivity index (χ3n) is 3.49. The number of hydrogen-bond acceptors (Lipinski definition) is 4. The quantitative estimate of drug-likeness (QED) is 0.895. The first-order valence-electron chi connectivity index (χ1n) is 6.79. The van der Waals surface area contributed by atoms with Gasteiger partial charge in [0.1, 0.15) is 11.5 Å². The van der Waals surface area contributed by atoms with Gasteiger partial charge in [0.15, 0.2) is 0 Å². The molecule has 110 valence electrons. The van der Waals surface area contributed by atoms with E-state index in [1.54, 1.807) is 32.4 Å². The zero-order valence-electron chi connectivity index (χ0n) is 12.1. The molecular formula is C15H21NO4. The second-order valence-corrected chi connectivity index (χ2v) is 4.91. The fraction of sp³-hybridized carbons (Fsp3) is 0.533. The summed E-state index contributed by atoms with van der Waals surface area (Å²) in [6, 6.07) is 5.11. The minimum Gasteiger partial charge on any atom is -0.497 e. The second kappa shape index (κ2) is 6.61. The Morgan fingerprint density at radius 3 is 2.45 bits per heavy atom. The summed E-state index contributed by atoms with van der Waals surface area (Å²) < 4.78 is 15.9. The van der Waals surface area contributed by atoms with Crippen molar-refractivity contribution in [2.75, 3.05) is 20.8 Å². The zero-order chi connectivity index (χ0) is 14.5.